The second-order valence-corrected chi connectivity index (χ2v) is 8.63. The van der Waals surface area contributed by atoms with Crippen LogP contribution in [-0.4, -0.2) is 45.3 Å². The zero-order valence-corrected chi connectivity index (χ0v) is 16.5. The van der Waals surface area contributed by atoms with E-state index in [0.29, 0.717) is 24.3 Å². The van der Waals surface area contributed by atoms with Gasteiger partial charge in [0.2, 0.25) is 11.0 Å². The lowest BCUT2D eigenvalue weighted by Gasteiger charge is -2.24. The molecule has 1 aromatic carbocycles. The van der Waals surface area contributed by atoms with Crippen molar-refractivity contribution in [3.63, 3.8) is 0 Å². The first kappa shape index (κ1) is 19.6. The van der Waals surface area contributed by atoms with E-state index in [0.717, 1.165) is 16.6 Å². The van der Waals surface area contributed by atoms with Gasteiger partial charge in [-0.05, 0) is 17.9 Å². The zero-order valence-electron chi connectivity index (χ0n) is 14.9. The van der Waals surface area contributed by atoms with Crippen molar-refractivity contribution < 1.29 is 19.5 Å². The number of likely N-dealkylation sites (tertiary alicyclic amines) is 1. The van der Waals surface area contributed by atoms with Gasteiger partial charge >= 0.3 is 5.97 Å². The Morgan fingerprint density at radius 2 is 1.96 bits per heavy atom. The van der Waals surface area contributed by atoms with E-state index < -0.39 is 17.9 Å². The first-order valence-corrected chi connectivity index (χ1v) is 10.6. The van der Waals surface area contributed by atoms with Crippen LogP contribution in [0, 0.1) is 5.92 Å². The highest BCUT2D eigenvalue weighted by Gasteiger charge is 2.41. The van der Waals surface area contributed by atoms with Crippen LogP contribution < -0.4 is 0 Å². The molecule has 5 nitrogen and oxygen atoms in total. The third kappa shape index (κ3) is 4.59. The molecule has 3 atom stereocenters. The van der Waals surface area contributed by atoms with E-state index in [1.807, 2.05) is 23.6 Å². The quantitative estimate of drug-likeness (QED) is 0.796. The van der Waals surface area contributed by atoms with E-state index >= 15 is 0 Å². The van der Waals surface area contributed by atoms with Crippen molar-refractivity contribution in [2.24, 2.45) is 5.92 Å². The van der Waals surface area contributed by atoms with E-state index in [4.69, 9.17) is 0 Å². The molecule has 1 unspecified atom stereocenters. The number of carboxylic acids is 1. The molecule has 2 aromatic rings. The third-order valence-corrected chi connectivity index (χ3v) is 6.91. The maximum absolute atomic E-state index is 12.9. The van der Waals surface area contributed by atoms with Crippen molar-refractivity contribution >= 4 is 40.1 Å². The van der Waals surface area contributed by atoms with Gasteiger partial charge in [0.1, 0.15) is 6.04 Å². The van der Waals surface area contributed by atoms with Gasteiger partial charge in [-0.1, -0.05) is 55.1 Å². The first-order chi connectivity index (χ1) is 13.0. The molecule has 1 saturated heterocycles. The molecule has 1 aromatic heterocycles. The van der Waals surface area contributed by atoms with E-state index in [1.165, 1.54) is 4.90 Å². The molecule has 27 heavy (non-hydrogen) atoms. The number of carboxylic acid groups (broad SMARTS) is 1. The highest BCUT2D eigenvalue weighted by Crippen LogP contribution is 2.35. The maximum Gasteiger partial charge on any atom is 0.326 e. The molecule has 142 valence electrons. The molecule has 0 bridgehead atoms. The second kappa shape index (κ2) is 8.71. The monoisotopic (exact) mass is 403 g/mol. The number of nitrogens with zero attached hydrogens (tertiary/aromatic N) is 1. The van der Waals surface area contributed by atoms with Crippen molar-refractivity contribution in [1.29, 1.82) is 0 Å². The molecule has 3 rings (SSSR count). The van der Waals surface area contributed by atoms with Crippen LogP contribution in [0.4, 0.5) is 0 Å². The number of hydrogen-bond donors (Lipinski definition) is 1. The van der Waals surface area contributed by atoms with Gasteiger partial charge in [-0.3, -0.25) is 9.59 Å². The highest BCUT2D eigenvalue weighted by molar-refractivity contribution is 8.14. The summed E-state index contributed by atoms with van der Waals surface area (Å²) in [6.45, 7) is 2.17. The fraction of sp³-hybridized carbons (Fsp3) is 0.350. The number of rotatable bonds is 6. The number of amides is 1. The molecule has 0 saturated carbocycles. The summed E-state index contributed by atoms with van der Waals surface area (Å²) >= 11 is 2.69. The maximum atomic E-state index is 12.9. The minimum Gasteiger partial charge on any atom is -0.480 e. The zero-order chi connectivity index (χ0) is 19.4. The largest absolute Gasteiger partial charge is 0.480 e. The lowest BCUT2D eigenvalue weighted by Crippen LogP contribution is -2.43. The molecule has 0 aliphatic carbocycles. The summed E-state index contributed by atoms with van der Waals surface area (Å²) in [5.41, 5.74) is 0.601. The number of benzene rings is 1. The molecular formula is C20H21NO4S2. The average molecular weight is 404 g/mol. The lowest BCUT2D eigenvalue weighted by molar-refractivity contribution is -0.149. The molecular weight excluding hydrogens is 382 g/mol. The van der Waals surface area contributed by atoms with Crippen LogP contribution in [0.15, 0.2) is 47.8 Å². The van der Waals surface area contributed by atoms with Crippen molar-refractivity contribution in [3.05, 3.63) is 58.3 Å². The molecule has 1 aliphatic rings. The Balaban J connectivity index is 1.62. The average Bonchev–Trinajstić information content (AvgIpc) is 3.35. The summed E-state index contributed by atoms with van der Waals surface area (Å²) in [4.78, 5) is 39.3. The number of carbonyl (C=O) groups excluding carboxylic acids is 2. The minimum absolute atomic E-state index is 0.0563. The Hall–Kier alpha value is -2.12. The van der Waals surface area contributed by atoms with Gasteiger partial charge in [0.15, 0.2) is 0 Å². The Kier molecular flexibility index (Phi) is 6.34. The molecule has 1 amide bonds. The molecule has 7 heteroatoms. The van der Waals surface area contributed by atoms with Crippen LogP contribution in [0.2, 0.25) is 0 Å². The van der Waals surface area contributed by atoms with Gasteiger partial charge in [0.25, 0.3) is 0 Å². The fourth-order valence-corrected chi connectivity index (χ4v) is 4.94. The van der Waals surface area contributed by atoms with Crippen molar-refractivity contribution in [3.8, 4) is 0 Å². The summed E-state index contributed by atoms with van der Waals surface area (Å²) in [7, 11) is 0. The Bertz CT molecular complexity index is 807. The van der Waals surface area contributed by atoms with Crippen molar-refractivity contribution in [2.75, 3.05) is 12.3 Å². The Morgan fingerprint density at radius 3 is 2.59 bits per heavy atom. The predicted octanol–water partition coefficient (Wildman–Crippen LogP) is 3.73. The summed E-state index contributed by atoms with van der Waals surface area (Å²) in [6, 6.07) is 12.1. The third-order valence-electron chi connectivity index (χ3n) is 4.71. The number of thioether (sulfide) groups is 1. The summed E-state index contributed by atoms with van der Waals surface area (Å²) in [5, 5.41) is 11.4. The van der Waals surface area contributed by atoms with E-state index in [1.54, 1.807) is 42.5 Å². The molecule has 1 fully saturated rings. The Labute approximate surface area is 166 Å². The van der Waals surface area contributed by atoms with Crippen LogP contribution in [-0.2, 0) is 9.59 Å². The van der Waals surface area contributed by atoms with E-state index in [9.17, 15) is 19.5 Å². The van der Waals surface area contributed by atoms with Gasteiger partial charge in [-0.15, -0.1) is 11.3 Å². The first-order valence-electron chi connectivity index (χ1n) is 8.76. The number of aliphatic carboxylic acids is 1. The standard InChI is InChI=1S/C20H21NO4S2/c1-13(12-27-20(25)14-6-3-2-4-7-14)18(22)21-11-15(10-16(21)19(23)24)17-8-5-9-26-17/h2-9,13,15-16H,10-12H2,1H3,(H,23,24)/t13?,15-,16-/m0/s1. The van der Waals surface area contributed by atoms with Gasteiger partial charge < -0.3 is 10.0 Å². The van der Waals surface area contributed by atoms with Crippen molar-refractivity contribution in [2.45, 2.75) is 25.3 Å². The fourth-order valence-electron chi connectivity index (χ4n) is 3.26. The molecule has 0 radical (unpaired) electrons. The topological polar surface area (TPSA) is 74.7 Å². The highest BCUT2D eigenvalue weighted by atomic mass is 32.2. The molecule has 0 spiro atoms. The lowest BCUT2D eigenvalue weighted by atomic mass is 10.0. The predicted molar refractivity (Wildman–Crippen MR) is 107 cm³/mol. The van der Waals surface area contributed by atoms with Crippen molar-refractivity contribution in [1.82, 2.24) is 4.90 Å². The molecule has 2 heterocycles. The number of thiophene rings is 1. The van der Waals surface area contributed by atoms with Crippen LogP contribution in [0.1, 0.15) is 34.5 Å². The van der Waals surface area contributed by atoms with E-state index in [2.05, 4.69) is 0 Å². The van der Waals surface area contributed by atoms with Gasteiger partial charge in [-0.25, -0.2) is 4.79 Å². The van der Waals surface area contributed by atoms with Gasteiger partial charge in [0, 0.05) is 34.6 Å². The van der Waals surface area contributed by atoms with Crippen LogP contribution in [0.3, 0.4) is 0 Å². The number of carbonyl (C=O) groups is 3. The minimum atomic E-state index is -0.970. The van der Waals surface area contributed by atoms with Crippen LogP contribution in [0.5, 0.6) is 0 Å². The summed E-state index contributed by atoms with van der Waals surface area (Å²) in [6.07, 6.45) is 0.435. The van der Waals surface area contributed by atoms with Crippen LogP contribution >= 0.6 is 23.1 Å². The smallest absolute Gasteiger partial charge is 0.326 e. The van der Waals surface area contributed by atoms with E-state index in [-0.39, 0.29) is 16.9 Å². The molecule has 1 aliphatic heterocycles. The molecule has 1 N–H and O–H groups in total. The Morgan fingerprint density at radius 1 is 1.22 bits per heavy atom. The van der Waals surface area contributed by atoms with Crippen LogP contribution in [0.25, 0.3) is 0 Å². The van der Waals surface area contributed by atoms with Gasteiger partial charge in [-0.2, -0.15) is 0 Å². The number of hydrogen-bond acceptors (Lipinski definition) is 5. The summed E-state index contributed by atoms with van der Waals surface area (Å²) < 4.78 is 0. The van der Waals surface area contributed by atoms with Gasteiger partial charge in [0.05, 0.1) is 0 Å². The normalized spacial score (nSPS) is 20.4. The summed E-state index contributed by atoms with van der Waals surface area (Å²) in [5.74, 6) is -1.20. The SMILES string of the molecule is CC(CSC(=O)c1ccccc1)C(=O)N1C[C@@H](c2cccs2)C[C@H]1C(=O)O. The second-order valence-electron chi connectivity index (χ2n) is 6.66.